The largest absolute Gasteiger partial charge is 0.484 e. The van der Waals surface area contributed by atoms with Crippen molar-refractivity contribution in [3.8, 4) is 0 Å². The van der Waals surface area contributed by atoms with Crippen LogP contribution in [0.4, 0.5) is 13.2 Å². The molecule has 0 aliphatic heterocycles. The molecule has 0 radical (unpaired) electrons. The molecule has 0 unspecified atom stereocenters. The van der Waals surface area contributed by atoms with Crippen LogP contribution in [0.25, 0.3) is 0 Å². The van der Waals surface area contributed by atoms with Crippen LogP contribution >= 0.6 is 11.6 Å². The van der Waals surface area contributed by atoms with E-state index in [0.717, 1.165) is 6.20 Å². The van der Waals surface area contributed by atoms with E-state index in [2.05, 4.69) is 4.74 Å². The van der Waals surface area contributed by atoms with E-state index in [4.69, 9.17) is 17.3 Å². The van der Waals surface area contributed by atoms with E-state index < -0.39 is 12.8 Å². The first-order chi connectivity index (χ1) is 6.90. The topological polar surface area (TPSA) is 35.2 Å². The molecule has 0 saturated heterocycles. The van der Waals surface area contributed by atoms with Crippen molar-refractivity contribution in [3.05, 3.63) is 23.6 Å². The monoisotopic (exact) mass is 243 g/mol. The molecule has 15 heavy (non-hydrogen) atoms. The van der Waals surface area contributed by atoms with Gasteiger partial charge < -0.3 is 10.5 Å². The van der Waals surface area contributed by atoms with Gasteiger partial charge in [0.15, 0.2) is 6.61 Å². The van der Waals surface area contributed by atoms with Crippen LogP contribution in [0, 0.1) is 0 Å². The summed E-state index contributed by atoms with van der Waals surface area (Å²) < 4.78 is 40.2. The Hall–Kier alpha value is -0.840. The zero-order valence-corrected chi connectivity index (χ0v) is 9.03. The second-order valence-electron chi connectivity index (χ2n) is 2.85. The predicted octanol–water partition coefficient (Wildman–Crippen LogP) is 2.94. The number of alkyl halides is 4. The number of halogens is 4. The highest BCUT2D eigenvalue weighted by Crippen LogP contribution is 2.19. The van der Waals surface area contributed by atoms with Gasteiger partial charge in [-0.2, -0.15) is 13.2 Å². The average Bonchev–Trinajstić information content (AvgIpc) is 2.11. The van der Waals surface area contributed by atoms with Gasteiger partial charge in [0.1, 0.15) is 5.76 Å². The minimum absolute atomic E-state index is 0.121. The van der Waals surface area contributed by atoms with E-state index in [1.807, 2.05) is 0 Å². The molecule has 0 fully saturated rings. The Balaban J connectivity index is 4.47. The third kappa shape index (κ3) is 7.13. The number of ether oxygens (including phenoxy) is 1. The van der Waals surface area contributed by atoms with Gasteiger partial charge in [-0.25, -0.2) is 0 Å². The lowest BCUT2D eigenvalue weighted by Crippen LogP contribution is -2.17. The summed E-state index contributed by atoms with van der Waals surface area (Å²) in [5.74, 6) is 0.443. The maximum atomic E-state index is 11.9. The summed E-state index contributed by atoms with van der Waals surface area (Å²) in [5.41, 5.74) is 5.73. The summed E-state index contributed by atoms with van der Waals surface area (Å²) in [5, 5.41) is 0. The third-order valence-corrected chi connectivity index (χ3v) is 1.72. The molecule has 0 amide bonds. The third-order valence-electron chi connectivity index (χ3n) is 1.53. The highest BCUT2D eigenvalue weighted by atomic mass is 35.5. The zero-order valence-electron chi connectivity index (χ0n) is 8.27. The van der Waals surface area contributed by atoms with E-state index in [-0.39, 0.29) is 5.76 Å². The first-order valence-electron chi connectivity index (χ1n) is 4.24. The number of hydrogen-bond acceptors (Lipinski definition) is 2. The fourth-order valence-corrected chi connectivity index (χ4v) is 1.11. The summed E-state index contributed by atoms with van der Waals surface area (Å²) >= 11 is 5.46. The maximum Gasteiger partial charge on any atom is 0.422 e. The van der Waals surface area contributed by atoms with Crippen molar-refractivity contribution in [1.82, 2.24) is 0 Å². The minimum Gasteiger partial charge on any atom is -0.484 e. The maximum absolute atomic E-state index is 11.9. The van der Waals surface area contributed by atoms with Gasteiger partial charge in [-0.3, -0.25) is 0 Å². The zero-order chi connectivity index (χ0) is 11.9. The standard InChI is InChI=1S/C9H13ClF3NO/c1-7(2-4-10)8(3-5-14)15-6-9(11,12)13/h3,5H,2,4,6,14H2,1H3/b5-3-,8-7+. The van der Waals surface area contributed by atoms with Crippen molar-refractivity contribution >= 4 is 11.6 Å². The van der Waals surface area contributed by atoms with Gasteiger partial charge in [-0.05, 0) is 31.2 Å². The molecule has 0 atom stereocenters. The van der Waals surface area contributed by atoms with Crippen molar-refractivity contribution in [2.75, 3.05) is 12.5 Å². The van der Waals surface area contributed by atoms with E-state index >= 15 is 0 Å². The summed E-state index contributed by atoms with van der Waals surface area (Å²) in [6, 6.07) is 0. The smallest absolute Gasteiger partial charge is 0.422 e. The molecule has 0 rings (SSSR count). The first-order valence-corrected chi connectivity index (χ1v) is 4.77. The Bertz CT molecular complexity index is 248. The highest BCUT2D eigenvalue weighted by molar-refractivity contribution is 6.18. The SMILES string of the molecule is C/C(CCCl)=C(/C=C\N)OCC(F)(F)F. The van der Waals surface area contributed by atoms with Crippen LogP contribution in [0.5, 0.6) is 0 Å². The predicted molar refractivity (Wildman–Crippen MR) is 53.4 cm³/mol. The first kappa shape index (κ1) is 14.2. The second-order valence-corrected chi connectivity index (χ2v) is 3.22. The van der Waals surface area contributed by atoms with E-state index in [1.54, 1.807) is 6.92 Å². The molecule has 0 aromatic rings. The molecular weight excluding hydrogens is 231 g/mol. The van der Waals surface area contributed by atoms with Crippen LogP contribution < -0.4 is 5.73 Å². The quantitative estimate of drug-likeness (QED) is 0.458. The summed E-state index contributed by atoms with van der Waals surface area (Å²) in [6.07, 6.45) is -1.48. The molecule has 0 saturated carbocycles. The minimum atomic E-state index is -4.35. The number of allylic oxidation sites excluding steroid dienone is 2. The van der Waals surface area contributed by atoms with Gasteiger partial charge in [0, 0.05) is 5.88 Å². The molecule has 0 aliphatic rings. The fraction of sp³-hybridized carbons (Fsp3) is 0.556. The van der Waals surface area contributed by atoms with Crippen LogP contribution in [0.15, 0.2) is 23.6 Å². The van der Waals surface area contributed by atoms with Gasteiger partial charge >= 0.3 is 6.18 Å². The van der Waals surface area contributed by atoms with E-state index in [9.17, 15) is 13.2 Å². The van der Waals surface area contributed by atoms with Crippen molar-refractivity contribution in [1.29, 1.82) is 0 Å². The van der Waals surface area contributed by atoms with Crippen molar-refractivity contribution in [2.24, 2.45) is 5.73 Å². The van der Waals surface area contributed by atoms with Crippen LogP contribution in [0.3, 0.4) is 0 Å². The molecule has 0 aromatic heterocycles. The van der Waals surface area contributed by atoms with Crippen molar-refractivity contribution in [2.45, 2.75) is 19.5 Å². The Morgan fingerprint density at radius 3 is 2.47 bits per heavy atom. The normalized spacial score (nSPS) is 14.2. The Morgan fingerprint density at radius 2 is 2.07 bits per heavy atom. The van der Waals surface area contributed by atoms with Crippen molar-refractivity contribution in [3.63, 3.8) is 0 Å². The summed E-state index contributed by atoms with van der Waals surface area (Å²) in [7, 11) is 0. The van der Waals surface area contributed by atoms with Gasteiger partial charge in [-0.15, -0.1) is 11.6 Å². The second kappa shape index (κ2) is 6.61. The number of rotatable bonds is 5. The molecule has 0 spiro atoms. The molecule has 0 bridgehead atoms. The fourth-order valence-electron chi connectivity index (χ4n) is 0.825. The molecule has 0 heterocycles. The number of nitrogens with two attached hydrogens (primary N) is 1. The van der Waals surface area contributed by atoms with Gasteiger partial charge in [0.2, 0.25) is 0 Å². The van der Waals surface area contributed by atoms with Crippen LogP contribution in [-0.4, -0.2) is 18.7 Å². The molecule has 88 valence electrons. The van der Waals surface area contributed by atoms with Gasteiger partial charge in [0.05, 0.1) is 0 Å². The van der Waals surface area contributed by atoms with Crippen LogP contribution in [-0.2, 0) is 4.74 Å². The molecule has 6 heteroatoms. The Morgan fingerprint density at radius 1 is 1.47 bits per heavy atom. The van der Waals surface area contributed by atoms with Gasteiger partial charge in [-0.1, -0.05) is 0 Å². The average molecular weight is 244 g/mol. The lowest BCUT2D eigenvalue weighted by atomic mass is 10.2. The molecular formula is C9H13ClF3NO. The number of hydrogen-bond donors (Lipinski definition) is 1. The molecule has 2 N–H and O–H groups in total. The molecule has 0 aromatic carbocycles. The molecule has 2 nitrogen and oxygen atoms in total. The van der Waals surface area contributed by atoms with Crippen LogP contribution in [0.1, 0.15) is 13.3 Å². The summed E-state index contributed by atoms with van der Waals surface area (Å²) in [6.45, 7) is 0.320. The lowest BCUT2D eigenvalue weighted by Gasteiger charge is -2.12. The lowest BCUT2D eigenvalue weighted by molar-refractivity contribution is -0.164. The van der Waals surface area contributed by atoms with E-state index in [1.165, 1.54) is 6.08 Å². The van der Waals surface area contributed by atoms with Crippen molar-refractivity contribution < 1.29 is 17.9 Å². The van der Waals surface area contributed by atoms with Crippen LogP contribution in [0.2, 0.25) is 0 Å². The van der Waals surface area contributed by atoms with Gasteiger partial charge in [0.25, 0.3) is 0 Å². The Labute approximate surface area is 91.5 Å². The summed E-state index contributed by atoms with van der Waals surface area (Å²) in [4.78, 5) is 0. The highest BCUT2D eigenvalue weighted by Gasteiger charge is 2.28. The molecule has 0 aliphatic carbocycles. The Kier molecular flexibility index (Phi) is 6.24. The van der Waals surface area contributed by atoms with E-state index in [0.29, 0.717) is 17.9 Å².